The molecule has 0 aliphatic carbocycles. The van der Waals surface area contributed by atoms with Gasteiger partial charge in [0.15, 0.2) is 0 Å². The van der Waals surface area contributed by atoms with Gasteiger partial charge in [0.2, 0.25) is 0 Å². The Morgan fingerprint density at radius 3 is 1.85 bits per heavy atom. The normalized spacial score (nSPS) is 13.5. The van der Waals surface area contributed by atoms with Crippen molar-refractivity contribution in [2.75, 3.05) is 0 Å². The van der Waals surface area contributed by atoms with Gasteiger partial charge in [-0.2, -0.15) is 0 Å². The van der Waals surface area contributed by atoms with Crippen LogP contribution in [-0.2, 0) is 9.59 Å². The van der Waals surface area contributed by atoms with Crippen molar-refractivity contribution in [3.63, 3.8) is 0 Å². The van der Waals surface area contributed by atoms with Crippen molar-refractivity contribution in [2.45, 2.75) is 13.8 Å². The van der Waals surface area contributed by atoms with Crippen LogP contribution in [0.15, 0.2) is 22.9 Å². The minimum atomic E-state index is -1.24. The summed E-state index contributed by atoms with van der Waals surface area (Å²) in [6.45, 7) is 2.70. The molecular weight excluding hydrogens is 174 g/mol. The van der Waals surface area contributed by atoms with Gasteiger partial charge in [0, 0.05) is 11.3 Å². The van der Waals surface area contributed by atoms with Gasteiger partial charge in [-0.05, 0) is 19.9 Å². The van der Waals surface area contributed by atoms with Crippen LogP contribution in [-0.4, -0.2) is 22.2 Å². The summed E-state index contributed by atoms with van der Waals surface area (Å²) in [5, 5.41) is 17.1. The van der Waals surface area contributed by atoms with Gasteiger partial charge in [-0.15, -0.1) is 0 Å². The predicted molar refractivity (Wildman–Crippen MR) is 45.9 cm³/mol. The lowest BCUT2D eigenvalue weighted by Gasteiger charge is -1.99. The topological polar surface area (TPSA) is 101 Å². The van der Waals surface area contributed by atoms with Crippen molar-refractivity contribution in [3.8, 4) is 0 Å². The predicted octanol–water partition coefficient (Wildman–Crippen LogP) is 0.335. The summed E-state index contributed by atoms with van der Waals surface area (Å²) in [6.07, 6.45) is 1.03. The Morgan fingerprint density at radius 1 is 1.15 bits per heavy atom. The molecule has 0 fully saturated rings. The molecule has 0 aromatic rings. The zero-order chi connectivity index (χ0) is 10.6. The third kappa shape index (κ3) is 3.42. The third-order valence-electron chi connectivity index (χ3n) is 1.35. The van der Waals surface area contributed by atoms with Crippen LogP contribution in [0.3, 0.4) is 0 Å². The fraction of sp³-hybridized carbons (Fsp3) is 0.250. The monoisotopic (exact) mass is 185 g/mol. The Bertz CT molecular complexity index is 297. The molecule has 0 aromatic carbocycles. The van der Waals surface area contributed by atoms with Crippen molar-refractivity contribution in [2.24, 2.45) is 5.73 Å². The lowest BCUT2D eigenvalue weighted by molar-refractivity contribution is -0.132. The van der Waals surface area contributed by atoms with Gasteiger partial charge in [0.25, 0.3) is 0 Å². The molecule has 0 saturated heterocycles. The molecule has 0 aliphatic heterocycles. The highest BCUT2D eigenvalue weighted by atomic mass is 16.4. The van der Waals surface area contributed by atoms with Crippen LogP contribution in [0.25, 0.3) is 0 Å². The first-order valence-electron chi connectivity index (χ1n) is 3.47. The van der Waals surface area contributed by atoms with E-state index in [9.17, 15) is 9.59 Å². The largest absolute Gasteiger partial charge is 0.478 e. The van der Waals surface area contributed by atoms with E-state index in [1.165, 1.54) is 13.8 Å². The molecule has 0 radical (unpaired) electrons. The number of carboxylic acids is 2. The molecule has 0 aromatic heterocycles. The molecule has 0 unspecified atom stereocenters. The van der Waals surface area contributed by atoms with Crippen LogP contribution in [0, 0.1) is 0 Å². The SMILES string of the molecule is C/C(=C\C(C(=O)O)=C(\C)N)C(=O)O. The Balaban J connectivity index is 5.06. The minimum Gasteiger partial charge on any atom is -0.478 e. The number of aliphatic carboxylic acids is 2. The van der Waals surface area contributed by atoms with Gasteiger partial charge in [0.1, 0.15) is 0 Å². The average molecular weight is 185 g/mol. The molecular formula is C8H11NO4. The van der Waals surface area contributed by atoms with Crippen molar-refractivity contribution in [3.05, 3.63) is 22.9 Å². The van der Waals surface area contributed by atoms with Crippen LogP contribution in [0.2, 0.25) is 0 Å². The van der Waals surface area contributed by atoms with E-state index in [0.29, 0.717) is 0 Å². The Kier molecular flexibility index (Phi) is 3.71. The maximum Gasteiger partial charge on any atom is 0.337 e. The molecule has 5 nitrogen and oxygen atoms in total. The summed E-state index contributed by atoms with van der Waals surface area (Å²) in [6, 6.07) is 0. The van der Waals surface area contributed by atoms with E-state index in [0.717, 1.165) is 6.08 Å². The summed E-state index contributed by atoms with van der Waals surface area (Å²) >= 11 is 0. The lowest BCUT2D eigenvalue weighted by Crippen LogP contribution is -2.08. The zero-order valence-electron chi connectivity index (χ0n) is 7.37. The van der Waals surface area contributed by atoms with E-state index in [4.69, 9.17) is 15.9 Å². The van der Waals surface area contributed by atoms with Gasteiger partial charge in [-0.25, -0.2) is 9.59 Å². The maximum atomic E-state index is 10.5. The number of nitrogens with two attached hydrogens (primary N) is 1. The molecule has 0 amide bonds. The van der Waals surface area contributed by atoms with Crippen molar-refractivity contribution in [1.29, 1.82) is 0 Å². The molecule has 0 rings (SSSR count). The van der Waals surface area contributed by atoms with Crippen LogP contribution in [0.1, 0.15) is 13.8 Å². The zero-order valence-corrected chi connectivity index (χ0v) is 7.37. The van der Waals surface area contributed by atoms with Gasteiger partial charge in [0.05, 0.1) is 5.57 Å². The number of carbonyl (C=O) groups is 2. The van der Waals surface area contributed by atoms with Crippen molar-refractivity contribution < 1.29 is 19.8 Å². The van der Waals surface area contributed by atoms with Crippen LogP contribution >= 0.6 is 0 Å². The first kappa shape index (κ1) is 11.2. The Morgan fingerprint density at radius 2 is 1.62 bits per heavy atom. The molecule has 5 heteroatoms. The quantitative estimate of drug-likeness (QED) is 0.434. The van der Waals surface area contributed by atoms with Gasteiger partial charge in [-0.1, -0.05) is 0 Å². The molecule has 0 heterocycles. The Hall–Kier alpha value is -1.78. The van der Waals surface area contributed by atoms with Crippen molar-refractivity contribution in [1.82, 2.24) is 0 Å². The van der Waals surface area contributed by atoms with Gasteiger partial charge < -0.3 is 15.9 Å². The summed E-state index contributed by atoms with van der Waals surface area (Å²) < 4.78 is 0. The molecule has 0 bridgehead atoms. The van der Waals surface area contributed by atoms with Crippen LogP contribution in [0.5, 0.6) is 0 Å². The molecule has 0 saturated carbocycles. The highest BCUT2D eigenvalue weighted by Gasteiger charge is 2.09. The van der Waals surface area contributed by atoms with E-state index >= 15 is 0 Å². The average Bonchev–Trinajstić information content (AvgIpc) is 1.97. The second-order valence-corrected chi connectivity index (χ2v) is 2.53. The minimum absolute atomic E-state index is 0.0674. The summed E-state index contributed by atoms with van der Waals surface area (Å²) in [7, 11) is 0. The number of rotatable bonds is 3. The highest BCUT2D eigenvalue weighted by Crippen LogP contribution is 2.05. The fourth-order valence-corrected chi connectivity index (χ4v) is 0.622. The van der Waals surface area contributed by atoms with Gasteiger partial charge >= 0.3 is 11.9 Å². The molecule has 13 heavy (non-hydrogen) atoms. The van der Waals surface area contributed by atoms with Gasteiger partial charge in [-0.3, -0.25) is 0 Å². The molecule has 0 atom stereocenters. The molecule has 4 N–H and O–H groups in total. The summed E-state index contributed by atoms with van der Waals surface area (Å²) in [4.78, 5) is 20.9. The second-order valence-electron chi connectivity index (χ2n) is 2.53. The number of carboxylic acid groups (broad SMARTS) is 2. The smallest absolute Gasteiger partial charge is 0.337 e. The first-order valence-corrected chi connectivity index (χ1v) is 3.47. The standard InChI is InChI=1S/C8H11NO4/c1-4(7(10)11)3-6(5(2)9)8(12)13/h3H,9H2,1-2H3,(H,10,11)(H,12,13)/b4-3+,6-5+. The molecule has 72 valence electrons. The maximum absolute atomic E-state index is 10.5. The van der Waals surface area contributed by atoms with Crippen molar-refractivity contribution >= 4 is 11.9 Å². The van der Waals surface area contributed by atoms with E-state index in [-0.39, 0.29) is 16.8 Å². The highest BCUT2D eigenvalue weighted by molar-refractivity contribution is 5.94. The molecule has 0 spiro atoms. The van der Waals surface area contributed by atoms with E-state index in [2.05, 4.69) is 0 Å². The lowest BCUT2D eigenvalue weighted by atomic mass is 10.1. The summed E-state index contributed by atoms with van der Waals surface area (Å²) in [5.74, 6) is -2.40. The molecule has 0 aliphatic rings. The number of hydrogen-bond acceptors (Lipinski definition) is 3. The summed E-state index contributed by atoms with van der Waals surface area (Å²) in [5.41, 5.74) is 5.06. The number of hydrogen-bond donors (Lipinski definition) is 3. The third-order valence-corrected chi connectivity index (χ3v) is 1.35. The van der Waals surface area contributed by atoms with Crippen LogP contribution in [0.4, 0.5) is 0 Å². The Labute approximate surface area is 75.2 Å². The second kappa shape index (κ2) is 4.30. The number of allylic oxidation sites excluding steroid dienone is 1. The van der Waals surface area contributed by atoms with E-state index < -0.39 is 11.9 Å². The van der Waals surface area contributed by atoms with Crippen LogP contribution < -0.4 is 5.73 Å². The van der Waals surface area contributed by atoms with E-state index in [1.807, 2.05) is 0 Å². The fourth-order valence-electron chi connectivity index (χ4n) is 0.622. The first-order chi connectivity index (χ1) is 5.86. The van der Waals surface area contributed by atoms with E-state index in [1.54, 1.807) is 0 Å².